The van der Waals surface area contributed by atoms with Gasteiger partial charge in [0.15, 0.2) is 5.78 Å². The van der Waals surface area contributed by atoms with Gasteiger partial charge >= 0.3 is 0 Å². The number of hydrogen-bond donors (Lipinski definition) is 1. The van der Waals surface area contributed by atoms with Gasteiger partial charge < -0.3 is 10.1 Å². The number of rotatable bonds is 12. The molecule has 0 radical (unpaired) electrons. The molecule has 4 rings (SSSR count). The van der Waals surface area contributed by atoms with Crippen molar-refractivity contribution in [2.24, 2.45) is 11.3 Å². The van der Waals surface area contributed by atoms with Gasteiger partial charge in [-0.05, 0) is 118 Å². The van der Waals surface area contributed by atoms with Crippen molar-refractivity contribution in [1.29, 1.82) is 5.26 Å². The normalized spacial score (nSPS) is 18.2. The first-order chi connectivity index (χ1) is 23.8. The van der Waals surface area contributed by atoms with E-state index in [0.29, 0.717) is 70.0 Å². The Morgan fingerprint density at radius 3 is 2.62 bits per heavy atom. The van der Waals surface area contributed by atoms with Crippen molar-refractivity contribution < 1.29 is 18.7 Å². The molecule has 1 unspecified atom stereocenters. The maximum absolute atomic E-state index is 15.0. The molecule has 258 valence electrons. The predicted molar refractivity (Wildman–Crippen MR) is 204 cm³/mol. The minimum Gasteiger partial charge on any atom is -0.493 e. The maximum atomic E-state index is 15.0. The lowest BCUT2D eigenvalue weighted by atomic mass is 9.67. The lowest BCUT2D eigenvalue weighted by Crippen LogP contribution is -2.39. The number of benzene rings is 2. The van der Waals surface area contributed by atoms with Crippen LogP contribution in [0.1, 0.15) is 88.1 Å². The number of amides is 1. The standard InChI is InChI=1S/C43H45FN2O3S/c1-9-13-26(4)22-31-14-12-15-36(46-42(48)39(31)27(5)10-2)34-23-30(19-21-37(34)49-11-3)35-24-38(50)33(41(47)43(35,7)8)20-18-29-16-17-32(25-45)28(6)40(29)44/h10,12,14,16-17,19,21,23-24,33H,2,4,9,11,13,18,20,22H2,1,3,5-8H3,(H,46,48). The summed E-state index contributed by atoms with van der Waals surface area (Å²) in [5.74, 6) is -0.760. The summed E-state index contributed by atoms with van der Waals surface area (Å²) in [6.07, 6.45) is 10.3. The molecule has 2 aromatic rings. The average Bonchev–Trinajstić information content (AvgIpc) is 3.07. The van der Waals surface area contributed by atoms with Crippen molar-refractivity contribution in [3.63, 3.8) is 0 Å². The number of aryl methyl sites for hydroxylation is 1. The summed E-state index contributed by atoms with van der Waals surface area (Å²) in [6, 6.07) is 10.9. The summed E-state index contributed by atoms with van der Waals surface area (Å²) in [5, 5.41) is 12.3. The second-order valence-electron chi connectivity index (χ2n) is 13.3. The van der Waals surface area contributed by atoms with E-state index >= 15 is 4.39 Å². The fourth-order valence-corrected chi connectivity index (χ4v) is 6.92. The van der Waals surface area contributed by atoms with Crippen molar-refractivity contribution in [2.45, 2.75) is 73.6 Å². The molecule has 7 heteroatoms. The molecule has 2 aliphatic rings. The summed E-state index contributed by atoms with van der Waals surface area (Å²) in [5.41, 5.74) is 9.12. The highest BCUT2D eigenvalue weighted by atomic mass is 32.1. The number of allylic oxidation sites excluding steroid dienone is 7. The third-order valence-electron chi connectivity index (χ3n) is 9.43. The van der Waals surface area contributed by atoms with Gasteiger partial charge in [-0.1, -0.05) is 74.3 Å². The minimum atomic E-state index is -0.916. The smallest absolute Gasteiger partial charge is 0.256 e. The molecule has 50 heavy (non-hydrogen) atoms. The Bertz CT molecular complexity index is 1980. The molecule has 0 spiro atoms. The van der Waals surface area contributed by atoms with Crippen LogP contribution in [-0.4, -0.2) is 23.2 Å². The summed E-state index contributed by atoms with van der Waals surface area (Å²) in [4.78, 5) is 28.5. The summed E-state index contributed by atoms with van der Waals surface area (Å²) in [7, 11) is 0. The Labute approximate surface area is 301 Å². The van der Waals surface area contributed by atoms with Crippen LogP contribution in [0.3, 0.4) is 0 Å². The number of carbonyl (C=O) groups is 2. The quantitative estimate of drug-likeness (QED) is 0.104. The Balaban J connectivity index is 1.75. The van der Waals surface area contributed by atoms with E-state index in [1.165, 1.54) is 0 Å². The van der Waals surface area contributed by atoms with E-state index in [9.17, 15) is 14.9 Å². The van der Waals surface area contributed by atoms with Crippen LogP contribution in [0.25, 0.3) is 11.3 Å². The van der Waals surface area contributed by atoms with Crippen LogP contribution >= 0.6 is 12.2 Å². The molecular formula is C43H45FN2O3S. The van der Waals surface area contributed by atoms with Gasteiger partial charge in [0.25, 0.3) is 5.91 Å². The highest BCUT2D eigenvalue weighted by Gasteiger charge is 2.42. The highest BCUT2D eigenvalue weighted by Crippen LogP contribution is 2.44. The molecule has 0 bridgehead atoms. The zero-order valence-corrected chi connectivity index (χ0v) is 30.7. The first kappa shape index (κ1) is 37.9. The first-order valence-corrected chi connectivity index (χ1v) is 17.4. The summed E-state index contributed by atoms with van der Waals surface area (Å²) >= 11 is 5.81. The number of hydrogen-bond acceptors (Lipinski definition) is 5. The van der Waals surface area contributed by atoms with Crippen molar-refractivity contribution in [3.05, 3.63) is 129 Å². The molecule has 1 atom stereocenters. The van der Waals surface area contributed by atoms with Gasteiger partial charge in [-0.2, -0.15) is 5.26 Å². The lowest BCUT2D eigenvalue weighted by molar-refractivity contribution is -0.126. The number of halogens is 1. The topological polar surface area (TPSA) is 79.2 Å². The van der Waals surface area contributed by atoms with Crippen LogP contribution in [0.2, 0.25) is 0 Å². The maximum Gasteiger partial charge on any atom is 0.256 e. The third-order valence-corrected chi connectivity index (χ3v) is 9.83. The third kappa shape index (κ3) is 7.94. The zero-order chi connectivity index (χ0) is 36.7. The fourth-order valence-electron chi connectivity index (χ4n) is 6.57. The van der Waals surface area contributed by atoms with Gasteiger partial charge in [0, 0.05) is 27.0 Å². The highest BCUT2D eigenvalue weighted by molar-refractivity contribution is 7.80. The van der Waals surface area contributed by atoms with E-state index in [1.54, 1.807) is 31.2 Å². The second-order valence-corrected chi connectivity index (χ2v) is 13.8. The molecule has 1 amide bonds. The number of nitriles is 1. The van der Waals surface area contributed by atoms with Crippen molar-refractivity contribution >= 4 is 40.0 Å². The van der Waals surface area contributed by atoms with Crippen molar-refractivity contribution in [2.75, 3.05) is 6.61 Å². The largest absolute Gasteiger partial charge is 0.493 e. The molecule has 2 aromatic carbocycles. The van der Waals surface area contributed by atoms with Gasteiger partial charge in [0.1, 0.15) is 11.6 Å². The number of ether oxygens (including phenoxy) is 1. The molecule has 0 saturated carbocycles. The van der Waals surface area contributed by atoms with Crippen LogP contribution in [0.4, 0.5) is 4.39 Å². The van der Waals surface area contributed by atoms with Crippen molar-refractivity contribution in [3.8, 4) is 11.8 Å². The number of nitrogens with zero attached hydrogens (tertiary/aromatic N) is 1. The van der Waals surface area contributed by atoms with Crippen LogP contribution < -0.4 is 10.1 Å². The van der Waals surface area contributed by atoms with E-state index in [4.69, 9.17) is 17.0 Å². The Hall–Kier alpha value is -4.89. The lowest BCUT2D eigenvalue weighted by Gasteiger charge is -2.36. The van der Waals surface area contributed by atoms with E-state index in [-0.39, 0.29) is 11.7 Å². The van der Waals surface area contributed by atoms with Crippen molar-refractivity contribution in [1.82, 2.24) is 5.32 Å². The Kier molecular flexibility index (Phi) is 12.3. The predicted octanol–water partition coefficient (Wildman–Crippen LogP) is 9.82. The molecule has 1 aliphatic heterocycles. The zero-order valence-electron chi connectivity index (χ0n) is 29.9. The molecule has 0 aromatic heterocycles. The molecule has 1 heterocycles. The van der Waals surface area contributed by atoms with Gasteiger partial charge in [-0.3, -0.25) is 9.59 Å². The summed E-state index contributed by atoms with van der Waals surface area (Å²) in [6.45, 7) is 19.7. The molecular weight excluding hydrogens is 644 g/mol. The van der Waals surface area contributed by atoms with Crippen LogP contribution in [-0.2, 0) is 16.0 Å². The minimum absolute atomic E-state index is 0.0448. The van der Waals surface area contributed by atoms with Crippen LogP contribution in [0.5, 0.6) is 5.75 Å². The van der Waals surface area contributed by atoms with Crippen LogP contribution in [0.15, 0.2) is 95.8 Å². The molecule has 1 aliphatic carbocycles. The molecule has 0 fully saturated rings. The van der Waals surface area contributed by atoms with Gasteiger partial charge in [0.2, 0.25) is 0 Å². The number of ketones is 1. The van der Waals surface area contributed by atoms with Gasteiger partial charge in [0.05, 0.1) is 29.9 Å². The number of Topliss-reactive ketones (excluding diaryl/α,β-unsaturated/α-hetero) is 1. The van der Waals surface area contributed by atoms with Gasteiger partial charge in [-0.15, -0.1) is 0 Å². The van der Waals surface area contributed by atoms with E-state index in [1.807, 2.05) is 64.1 Å². The molecule has 1 N–H and O–H groups in total. The van der Waals surface area contributed by atoms with Crippen LogP contribution in [0, 0.1) is 35.4 Å². The Morgan fingerprint density at radius 1 is 1.22 bits per heavy atom. The summed E-state index contributed by atoms with van der Waals surface area (Å²) < 4.78 is 21.0. The average molecular weight is 689 g/mol. The number of thiocarbonyl (C=S) groups is 1. The molecule has 0 saturated heterocycles. The van der Waals surface area contributed by atoms with E-state index in [0.717, 1.165) is 40.7 Å². The number of carbonyl (C=O) groups excluding carboxylic acids is 2. The molecule has 5 nitrogen and oxygen atoms in total. The van der Waals surface area contributed by atoms with E-state index < -0.39 is 17.2 Å². The fraction of sp³-hybridized carbons (Fsp3) is 0.326. The SMILES string of the molecule is C=CC(C)=C1C(=O)NC(c2cc(C3=CC(=S)C(CCc4ccc(C#N)c(C)c4F)C(=O)C3(C)C)ccc2OCC)=C=CC=C1CC(=C)CCC. The second kappa shape index (κ2) is 16.2. The van der Waals surface area contributed by atoms with E-state index in [2.05, 4.69) is 31.1 Å². The van der Waals surface area contributed by atoms with Gasteiger partial charge in [-0.25, -0.2) is 4.39 Å². The first-order valence-electron chi connectivity index (χ1n) is 17.0. The monoisotopic (exact) mass is 688 g/mol. The Morgan fingerprint density at radius 2 is 1.96 bits per heavy atom. The number of nitrogens with one attached hydrogen (secondary N) is 1.